The second kappa shape index (κ2) is 4.77. The van der Waals surface area contributed by atoms with Gasteiger partial charge in [-0.1, -0.05) is 13.3 Å². The highest BCUT2D eigenvalue weighted by molar-refractivity contribution is 4.67. The van der Waals surface area contributed by atoms with Crippen LogP contribution in [-0.2, 0) is 4.74 Å². The molecule has 2 unspecified atom stereocenters. The van der Waals surface area contributed by atoms with Crippen LogP contribution in [0.2, 0.25) is 0 Å². The Hall–Kier alpha value is -0.0800. The number of hydrogen-bond donors (Lipinski definition) is 1. The van der Waals surface area contributed by atoms with E-state index in [0.717, 1.165) is 12.8 Å². The van der Waals surface area contributed by atoms with Gasteiger partial charge in [-0.3, -0.25) is 0 Å². The smallest absolute Gasteiger partial charge is 0.0694 e. The van der Waals surface area contributed by atoms with Crippen molar-refractivity contribution < 1.29 is 4.74 Å². The summed E-state index contributed by atoms with van der Waals surface area (Å²) in [5.41, 5.74) is 5.71. The molecule has 0 aromatic rings. The van der Waals surface area contributed by atoms with E-state index in [1.54, 1.807) is 7.11 Å². The van der Waals surface area contributed by atoms with E-state index in [0.29, 0.717) is 0 Å². The van der Waals surface area contributed by atoms with Crippen LogP contribution in [0.1, 0.15) is 26.7 Å². The van der Waals surface area contributed by atoms with Gasteiger partial charge in [0.15, 0.2) is 0 Å². The molecule has 2 heteroatoms. The Morgan fingerprint density at radius 1 is 1.56 bits per heavy atom. The highest BCUT2D eigenvalue weighted by Gasteiger charge is 2.08. The van der Waals surface area contributed by atoms with Crippen LogP contribution >= 0.6 is 0 Å². The van der Waals surface area contributed by atoms with Crippen LogP contribution in [0.3, 0.4) is 0 Å². The Labute approximate surface area is 57.4 Å². The summed E-state index contributed by atoms with van der Waals surface area (Å²) in [6.45, 7) is 4.13. The van der Waals surface area contributed by atoms with Gasteiger partial charge >= 0.3 is 0 Å². The molecule has 9 heavy (non-hydrogen) atoms. The normalized spacial score (nSPS) is 17.3. The topological polar surface area (TPSA) is 35.2 Å². The first-order valence-electron chi connectivity index (χ1n) is 3.50. The highest BCUT2D eigenvalue weighted by Crippen LogP contribution is 2.00. The lowest BCUT2D eigenvalue weighted by atomic mass is 10.1. The quantitative estimate of drug-likeness (QED) is 0.621. The first kappa shape index (κ1) is 8.92. The van der Waals surface area contributed by atoms with Crippen LogP contribution in [0, 0.1) is 0 Å². The van der Waals surface area contributed by atoms with Gasteiger partial charge in [-0.2, -0.15) is 0 Å². The third kappa shape index (κ3) is 3.49. The maximum atomic E-state index is 5.71. The zero-order chi connectivity index (χ0) is 7.28. The van der Waals surface area contributed by atoms with Gasteiger partial charge in [0.1, 0.15) is 0 Å². The predicted molar refractivity (Wildman–Crippen MR) is 39.4 cm³/mol. The standard InChI is InChI=1S/C7H17NO/c1-4-5-7(8)6(2)9-3/h6-7H,4-5,8H2,1-3H3. The van der Waals surface area contributed by atoms with Gasteiger partial charge in [-0.05, 0) is 13.3 Å². The van der Waals surface area contributed by atoms with Crippen molar-refractivity contribution in [3.8, 4) is 0 Å². The molecular weight excluding hydrogens is 114 g/mol. The van der Waals surface area contributed by atoms with E-state index in [4.69, 9.17) is 10.5 Å². The van der Waals surface area contributed by atoms with Gasteiger partial charge in [0.05, 0.1) is 6.10 Å². The Morgan fingerprint density at radius 2 is 2.11 bits per heavy atom. The number of nitrogens with two attached hydrogens (primary N) is 1. The lowest BCUT2D eigenvalue weighted by molar-refractivity contribution is 0.0927. The first-order chi connectivity index (χ1) is 4.22. The molecule has 56 valence electrons. The summed E-state index contributed by atoms with van der Waals surface area (Å²) in [4.78, 5) is 0. The molecule has 0 aromatic heterocycles. The molecule has 2 nitrogen and oxygen atoms in total. The largest absolute Gasteiger partial charge is 0.380 e. The molecule has 2 atom stereocenters. The van der Waals surface area contributed by atoms with Crippen molar-refractivity contribution in [2.45, 2.75) is 38.8 Å². The van der Waals surface area contributed by atoms with Gasteiger partial charge < -0.3 is 10.5 Å². The Bertz CT molecular complexity index is 65.9. The second-order valence-electron chi connectivity index (χ2n) is 2.39. The number of hydrogen-bond acceptors (Lipinski definition) is 2. The second-order valence-corrected chi connectivity index (χ2v) is 2.39. The molecule has 0 saturated heterocycles. The van der Waals surface area contributed by atoms with Crippen molar-refractivity contribution >= 4 is 0 Å². The van der Waals surface area contributed by atoms with E-state index in [1.165, 1.54) is 0 Å². The molecule has 0 radical (unpaired) electrons. The highest BCUT2D eigenvalue weighted by atomic mass is 16.5. The molecule has 0 bridgehead atoms. The van der Waals surface area contributed by atoms with Crippen LogP contribution in [0.4, 0.5) is 0 Å². The van der Waals surface area contributed by atoms with Crippen molar-refractivity contribution in [2.75, 3.05) is 7.11 Å². The van der Waals surface area contributed by atoms with Crippen LogP contribution < -0.4 is 5.73 Å². The van der Waals surface area contributed by atoms with Crippen LogP contribution in [0.15, 0.2) is 0 Å². The molecule has 2 N–H and O–H groups in total. The Kier molecular flexibility index (Phi) is 4.72. The van der Waals surface area contributed by atoms with Gasteiger partial charge in [0.25, 0.3) is 0 Å². The van der Waals surface area contributed by atoms with Crippen molar-refractivity contribution in [2.24, 2.45) is 5.73 Å². The van der Waals surface area contributed by atoms with Gasteiger partial charge in [0.2, 0.25) is 0 Å². The zero-order valence-electron chi connectivity index (χ0n) is 6.55. The van der Waals surface area contributed by atoms with Gasteiger partial charge in [-0.15, -0.1) is 0 Å². The number of rotatable bonds is 4. The molecule has 0 aromatic carbocycles. The lowest BCUT2D eigenvalue weighted by Crippen LogP contribution is -2.33. The molecule has 0 fully saturated rings. The predicted octanol–water partition coefficient (Wildman–Crippen LogP) is 1.15. The average molecular weight is 131 g/mol. The molecule has 0 saturated carbocycles. The third-order valence-corrected chi connectivity index (χ3v) is 1.60. The summed E-state index contributed by atoms with van der Waals surface area (Å²) in [7, 11) is 1.69. The van der Waals surface area contributed by atoms with E-state index in [2.05, 4.69) is 6.92 Å². The van der Waals surface area contributed by atoms with E-state index in [-0.39, 0.29) is 12.1 Å². The minimum Gasteiger partial charge on any atom is -0.380 e. The van der Waals surface area contributed by atoms with Crippen molar-refractivity contribution in [3.05, 3.63) is 0 Å². The number of methoxy groups -OCH3 is 1. The van der Waals surface area contributed by atoms with Crippen molar-refractivity contribution in [1.82, 2.24) is 0 Å². The van der Waals surface area contributed by atoms with E-state index in [9.17, 15) is 0 Å². The van der Waals surface area contributed by atoms with E-state index in [1.807, 2.05) is 6.92 Å². The Balaban J connectivity index is 3.32. The summed E-state index contributed by atoms with van der Waals surface area (Å²) in [6, 6.07) is 0.208. The fourth-order valence-electron chi connectivity index (χ4n) is 0.743. The Morgan fingerprint density at radius 3 is 2.44 bits per heavy atom. The molecule has 0 aliphatic carbocycles. The van der Waals surface area contributed by atoms with Crippen LogP contribution in [0.25, 0.3) is 0 Å². The monoisotopic (exact) mass is 131 g/mol. The maximum absolute atomic E-state index is 5.71. The minimum atomic E-state index is 0.199. The third-order valence-electron chi connectivity index (χ3n) is 1.60. The summed E-state index contributed by atoms with van der Waals surface area (Å²) >= 11 is 0. The molecule has 0 aliphatic heterocycles. The van der Waals surface area contributed by atoms with Crippen LogP contribution in [-0.4, -0.2) is 19.3 Å². The SMILES string of the molecule is CCCC(N)C(C)OC. The molecular formula is C7H17NO. The summed E-state index contributed by atoms with van der Waals surface area (Å²) < 4.78 is 5.04. The lowest BCUT2D eigenvalue weighted by Gasteiger charge is -2.16. The minimum absolute atomic E-state index is 0.199. The summed E-state index contributed by atoms with van der Waals surface area (Å²) in [6.07, 6.45) is 2.38. The molecule has 0 heterocycles. The fourth-order valence-corrected chi connectivity index (χ4v) is 0.743. The molecule has 0 aliphatic rings. The summed E-state index contributed by atoms with van der Waals surface area (Å²) in [5.74, 6) is 0. The van der Waals surface area contributed by atoms with Gasteiger partial charge in [-0.25, -0.2) is 0 Å². The van der Waals surface area contributed by atoms with Crippen molar-refractivity contribution in [1.29, 1.82) is 0 Å². The average Bonchev–Trinajstić information content (AvgIpc) is 1.87. The maximum Gasteiger partial charge on any atom is 0.0694 e. The van der Waals surface area contributed by atoms with Gasteiger partial charge in [0, 0.05) is 13.2 Å². The van der Waals surface area contributed by atoms with E-state index >= 15 is 0 Å². The molecule has 0 amide bonds. The molecule has 0 rings (SSSR count). The van der Waals surface area contributed by atoms with E-state index < -0.39 is 0 Å². The summed E-state index contributed by atoms with van der Waals surface area (Å²) in [5, 5.41) is 0. The van der Waals surface area contributed by atoms with Crippen molar-refractivity contribution in [3.63, 3.8) is 0 Å². The molecule has 0 spiro atoms. The number of ether oxygens (including phenoxy) is 1. The first-order valence-corrected chi connectivity index (χ1v) is 3.50. The zero-order valence-corrected chi connectivity index (χ0v) is 6.55. The van der Waals surface area contributed by atoms with Crippen LogP contribution in [0.5, 0.6) is 0 Å². The fraction of sp³-hybridized carbons (Fsp3) is 1.00.